The third-order valence-electron chi connectivity index (χ3n) is 6.33. The van der Waals surface area contributed by atoms with Gasteiger partial charge in [-0.25, -0.2) is 15.0 Å². The zero-order valence-electron chi connectivity index (χ0n) is 21.7. The number of ether oxygens (including phenoxy) is 1. The Balaban J connectivity index is 1.62. The molecule has 1 amide bonds. The molecule has 3 heterocycles. The second-order valence-corrected chi connectivity index (χ2v) is 9.08. The summed E-state index contributed by atoms with van der Waals surface area (Å²) >= 11 is 0. The maximum absolute atomic E-state index is 13.9. The van der Waals surface area contributed by atoms with Gasteiger partial charge >= 0.3 is 6.18 Å². The molecule has 8 nitrogen and oxygen atoms in total. The van der Waals surface area contributed by atoms with Crippen LogP contribution in [0.5, 0.6) is 5.88 Å². The predicted molar refractivity (Wildman–Crippen MR) is 145 cm³/mol. The second-order valence-electron chi connectivity index (χ2n) is 9.08. The molecule has 5 rings (SSSR count). The van der Waals surface area contributed by atoms with Gasteiger partial charge in [0, 0.05) is 34.0 Å². The molecule has 0 aliphatic carbocycles. The van der Waals surface area contributed by atoms with Crippen molar-refractivity contribution in [2.24, 2.45) is 5.73 Å². The Bertz CT molecular complexity index is 1750. The van der Waals surface area contributed by atoms with E-state index in [4.69, 9.17) is 10.5 Å². The van der Waals surface area contributed by atoms with Crippen LogP contribution in [-0.2, 0) is 6.18 Å². The van der Waals surface area contributed by atoms with Gasteiger partial charge in [-0.15, -0.1) is 0 Å². The number of halogens is 3. The molecule has 0 radical (unpaired) electrons. The highest BCUT2D eigenvalue weighted by atomic mass is 19.4. The number of carbonyl (C=O) groups is 1. The number of benzene rings is 2. The van der Waals surface area contributed by atoms with E-state index < -0.39 is 17.6 Å². The number of fused-ring (bicyclic) bond motifs is 1. The van der Waals surface area contributed by atoms with Crippen molar-refractivity contribution >= 4 is 28.4 Å². The summed E-state index contributed by atoms with van der Waals surface area (Å²) in [5.41, 5.74) is 7.88. The van der Waals surface area contributed by atoms with Crippen LogP contribution < -0.4 is 15.8 Å². The van der Waals surface area contributed by atoms with Gasteiger partial charge in [-0.05, 0) is 61.4 Å². The Morgan fingerprint density at radius 1 is 0.975 bits per heavy atom. The zero-order chi connectivity index (χ0) is 28.6. The number of nitrogens with one attached hydrogen (secondary N) is 1. The summed E-state index contributed by atoms with van der Waals surface area (Å²) in [6.45, 7) is 3.69. The number of primary amides is 1. The highest BCUT2D eigenvalue weighted by Gasteiger charge is 2.35. The predicted octanol–water partition coefficient (Wildman–Crippen LogP) is 6.24. The number of aryl methyl sites for hydroxylation is 2. The number of amides is 1. The smallest absolute Gasteiger partial charge is 0.417 e. The van der Waals surface area contributed by atoms with Crippen LogP contribution in [0.4, 0.5) is 24.8 Å². The number of anilines is 2. The molecule has 0 aliphatic heterocycles. The summed E-state index contributed by atoms with van der Waals surface area (Å²) in [6.07, 6.45) is -1.44. The Hall–Kier alpha value is -5.06. The normalized spacial score (nSPS) is 11.4. The number of carbonyl (C=O) groups excluding carboxylic acids is 1. The van der Waals surface area contributed by atoms with Gasteiger partial charge in [0.15, 0.2) is 0 Å². The second kappa shape index (κ2) is 10.3. The first-order valence-electron chi connectivity index (χ1n) is 12.1. The molecule has 202 valence electrons. The fourth-order valence-corrected chi connectivity index (χ4v) is 4.38. The van der Waals surface area contributed by atoms with E-state index in [1.165, 1.54) is 19.2 Å². The van der Waals surface area contributed by atoms with Gasteiger partial charge in [0.25, 0.3) is 0 Å². The molecule has 0 unspecified atom stereocenters. The lowest BCUT2D eigenvalue weighted by molar-refractivity contribution is -0.137. The maximum Gasteiger partial charge on any atom is 0.417 e. The third-order valence-corrected chi connectivity index (χ3v) is 6.33. The summed E-state index contributed by atoms with van der Waals surface area (Å²) < 4.78 is 47.3. The first-order valence-corrected chi connectivity index (χ1v) is 12.1. The summed E-state index contributed by atoms with van der Waals surface area (Å²) in [5.74, 6) is -0.443. The molecule has 0 atom stereocenters. The van der Waals surface area contributed by atoms with Crippen molar-refractivity contribution in [3.63, 3.8) is 0 Å². The van der Waals surface area contributed by atoms with E-state index >= 15 is 0 Å². The van der Waals surface area contributed by atoms with Crippen molar-refractivity contribution in [1.29, 1.82) is 0 Å². The lowest BCUT2D eigenvalue weighted by Gasteiger charge is -2.17. The van der Waals surface area contributed by atoms with Crippen LogP contribution in [0.1, 0.15) is 27.2 Å². The summed E-state index contributed by atoms with van der Waals surface area (Å²) in [7, 11) is 1.45. The molecule has 11 heteroatoms. The Labute approximate surface area is 227 Å². The highest BCUT2D eigenvalue weighted by molar-refractivity contribution is 6.01. The molecule has 0 spiro atoms. The summed E-state index contributed by atoms with van der Waals surface area (Å²) in [5, 5.41) is 3.69. The molecule has 0 aliphatic rings. The fraction of sp³-hybridized carbons (Fsp3) is 0.138. The Morgan fingerprint density at radius 3 is 2.45 bits per heavy atom. The van der Waals surface area contributed by atoms with E-state index in [1.54, 1.807) is 37.5 Å². The maximum atomic E-state index is 13.9. The minimum absolute atomic E-state index is 0.172. The third kappa shape index (κ3) is 5.13. The topological polar surface area (TPSA) is 116 Å². The number of methoxy groups -OCH3 is 1. The van der Waals surface area contributed by atoms with Gasteiger partial charge in [-0.1, -0.05) is 18.2 Å². The van der Waals surface area contributed by atoms with Crippen molar-refractivity contribution in [3.05, 3.63) is 89.4 Å². The molecule has 0 bridgehead atoms. The molecule has 3 N–H and O–H groups in total. The highest BCUT2D eigenvalue weighted by Crippen LogP contribution is 2.41. The van der Waals surface area contributed by atoms with E-state index in [1.807, 2.05) is 19.1 Å². The van der Waals surface area contributed by atoms with Crippen molar-refractivity contribution in [2.75, 3.05) is 12.4 Å². The number of rotatable bonds is 6. The van der Waals surface area contributed by atoms with E-state index in [2.05, 4.69) is 25.3 Å². The van der Waals surface area contributed by atoms with Gasteiger partial charge in [0.2, 0.25) is 17.7 Å². The number of hydrogen-bond donors (Lipinski definition) is 2. The number of hydrogen-bond acceptors (Lipinski definition) is 7. The van der Waals surface area contributed by atoms with Crippen LogP contribution >= 0.6 is 0 Å². The van der Waals surface area contributed by atoms with Crippen molar-refractivity contribution in [1.82, 2.24) is 19.9 Å². The minimum Gasteiger partial charge on any atom is -0.479 e. The van der Waals surface area contributed by atoms with E-state index in [9.17, 15) is 18.0 Å². The quantitative estimate of drug-likeness (QED) is 0.260. The molecule has 5 aromatic rings. The molecule has 2 aromatic carbocycles. The summed E-state index contributed by atoms with van der Waals surface area (Å²) in [6, 6.07) is 13.5. The number of aromatic nitrogens is 4. The number of pyridine rings is 2. The Morgan fingerprint density at radius 2 is 1.77 bits per heavy atom. The average molecular weight is 545 g/mol. The van der Waals surface area contributed by atoms with Crippen LogP contribution in [0.2, 0.25) is 0 Å². The van der Waals surface area contributed by atoms with E-state index in [0.29, 0.717) is 33.8 Å². The summed E-state index contributed by atoms with van der Waals surface area (Å²) in [4.78, 5) is 29.9. The van der Waals surface area contributed by atoms with Crippen molar-refractivity contribution in [3.8, 4) is 28.3 Å². The van der Waals surface area contributed by atoms with Crippen LogP contribution in [0.3, 0.4) is 0 Å². The lowest BCUT2D eigenvalue weighted by atomic mass is 9.90. The van der Waals surface area contributed by atoms with Crippen molar-refractivity contribution < 1.29 is 22.7 Å². The first-order chi connectivity index (χ1) is 19.0. The number of nitrogens with zero attached hydrogens (tertiary/aromatic N) is 4. The van der Waals surface area contributed by atoms with Gasteiger partial charge < -0.3 is 15.8 Å². The van der Waals surface area contributed by atoms with E-state index in [-0.39, 0.29) is 22.6 Å². The zero-order valence-corrected chi connectivity index (χ0v) is 21.7. The first kappa shape index (κ1) is 26.5. The van der Waals surface area contributed by atoms with Gasteiger partial charge in [-0.3, -0.25) is 9.78 Å². The molecule has 40 heavy (non-hydrogen) atoms. The number of alkyl halides is 3. The monoisotopic (exact) mass is 544 g/mol. The molecular formula is C29H23F3N6O2. The van der Waals surface area contributed by atoms with Gasteiger partial charge in [-0.2, -0.15) is 13.2 Å². The van der Waals surface area contributed by atoms with Crippen LogP contribution in [-0.4, -0.2) is 33.0 Å². The molecular weight excluding hydrogens is 521 g/mol. The number of nitrogens with two attached hydrogens (primary N) is 1. The minimum atomic E-state index is -4.70. The molecule has 3 aromatic heterocycles. The fourth-order valence-electron chi connectivity index (χ4n) is 4.38. The van der Waals surface area contributed by atoms with Crippen LogP contribution in [0.15, 0.2) is 67.0 Å². The SMILES string of the molecule is COc1nc(-c2cc(-c3c(C(N)=O)cccc3C(F)(F)F)ccc2C)cc2cnc(Nc3ccc(C)nc3)nc12. The van der Waals surface area contributed by atoms with Gasteiger partial charge in [0.05, 0.1) is 30.3 Å². The average Bonchev–Trinajstić information content (AvgIpc) is 2.93. The van der Waals surface area contributed by atoms with Crippen LogP contribution in [0.25, 0.3) is 33.3 Å². The van der Waals surface area contributed by atoms with E-state index in [0.717, 1.165) is 23.4 Å². The Kier molecular flexibility index (Phi) is 6.80. The largest absolute Gasteiger partial charge is 0.479 e. The van der Waals surface area contributed by atoms with Crippen LogP contribution in [0, 0.1) is 13.8 Å². The molecule has 0 fully saturated rings. The molecule has 0 saturated carbocycles. The van der Waals surface area contributed by atoms with Crippen molar-refractivity contribution in [2.45, 2.75) is 20.0 Å². The standard InChI is InChI=1S/C29H23F3N6O2/c1-15-7-9-17(24-20(26(33)39)5-4-6-22(24)29(30,31)32)11-21(15)23-12-18-13-35-28(38-25(18)27(37-23)40-3)36-19-10-8-16(2)34-14-19/h4-14H,1-3H3,(H2,33,39)(H,35,36,38). The lowest BCUT2D eigenvalue weighted by Crippen LogP contribution is -2.16. The van der Waals surface area contributed by atoms with Gasteiger partial charge in [0.1, 0.15) is 5.52 Å². The molecule has 0 saturated heterocycles.